The Morgan fingerprint density at radius 1 is 0.975 bits per heavy atom. The lowest BCUT2D eigenvalue weighted by atomic mass is 10.0. The van der Waals surface area contributed by atoms with E-state index in [1.807, 2.05) is 63.2 Å². The molecular formula is C30H29N5O4S. The van der Waals surface area contributed by atoms with Crippen molar-refractivity contribution in [3.05, 3.63) is 101 Å². The number of fused-ring (bicyclic) bond motifs is 1. The van der Waals surface area contributed by atoms with E-state index < -0.39 is 6.04 Å². The molecule has 9 nitrogen and oxygen atoms in total. The van der Waals surface area contributed by atoms with Crippen LogP contribution in [0.15, 0.2) is 78.2 Å². The van der Waals surface area contributed by atoms with Crippen molar-refractivity contribution in [3.63, 3.8) is 0 Å². The highest BCUT2D eigenvalue weighted by atomic mass is 32.2. The molecule has 0 saturated carbocycles. The molecule has 1 N–H and O–H groups in total. The molecule has 40 heavy (non-hydrogen) atoms. The molecule has 0 bridgehead atoms. The predicted molar refractivity (Wildman–Crippen MR) is 152 cm³/mol. The second-order valence-corrected chi connectivity index (χ2v) is 10.4. The molecule has 5 rings (SSSR count). The van der Waals surface area contributed by atoms with Gasteiger partial charge in [0.1, 0.15) is 6.04 Å². The number of nitrogens with zero attached hydrogens (tertiary/aromatic N) is 4. The molecule has 1 aliphatic heterocycles. The fourth-order valence-corrected chi connectivity index (χ4v) is 5.22. The molecule has 4 aromatic rings. The smallest absolute Gasteiger partial charge is 0.251 e. The Morgan fingerprint density at radius 2 is 1.73 bits per heavy atom. The van der Waals surface area contributed by atoms with E-state index in [9.17, 15) is 9.59 Å². The number of rotatable bonds is 9. The van der Waals surface area contributed by atoms with Gasteiger partial charge in [-0.25, -0.2) is 9.97 Å². The Morgan fingerprint density at radius 3 is 2.45 bits per heavy atom. The van der Waals surface area contributed by atoms with E-state index in [1.165, 1.54) is 11.8 Å². The summed E-state index contributed by atoms with van der Waals surface area (Å²) in [7, 11) is 0. The lowest BCUT2D eigenvalue weighted by Gasteiger charge is -2.31. The quantitative estimate of drug-likeness (QED) is 0.227. The van der Waals surface area contributed by atoms with E-state index in [4.69, 9.17) is 9.47 Å². The monoisotopic (exact) mass is 555 g/mol. The molecule has 0 radical (unpaired) electrons. The number of anilines is 1. The first-order valence-electron chi connectivity index (χ1n) is 12.8. The first-order chi connectivity index (χ1) is 19.4. The summed E-state index contributed by atoms with van der Waals surface area (Å²) in [6.07, 6.45) is 3.37. The van der Waals surface area contributed by atoms with Crippen molar-refractivity contribution in [3.8, 4) is 11.5 Å². The summed E-state index contributed by atoms with van der Waals surface area (Å²) in [6, 6.07) is 17.5. The first kappa shape index (κ1) is 27.1. The van der Waals surface area contributed by atoms with E-state index in [2.05, 4.69) is 20.3 Å². The maximum atomic E-state index is 14.0. The largest absolute Gasteiger partial charge is 0.454 e. The first-order valence-corrected chi connectivity index (χ1v) is 13.7. The van der Waals surface area contributed by atoms with Crippen LogP contribution in [0.5, 0.6) is 11.5 Å². The molecular weight excluding hydrogens is 526 g/mol. The fraction of sp³-hybridized carbons (Fsp3) is 0.233. The molecule has 2 amide bonds. The number of pyridine rings is 1. The molecule has 2 aromatic carbocycles. The second kappa shape index (κ2) is 12.2. The van der Waals surface area contributed by atoms with Crippen molar-refractivity contribution in [2.24, 2.45) is 0 Å². The van der Waals surface area contributed by atoms with Crippen LogP contribution in [0, 0.1) is 20.8 Å². The van der Waals surface area contributed by atoms with Gasteiger partial charge in [-0.1, -0.05) is 47.7 Å². The summed E-state index contributed by atoms with van der Waals surface area (Å²) in [5.74, 6) is 0.642. The molecule has 10 heteroatoms. The Labute approximate surface area is 237 Å². The fourth-order valence-electron chi connectivity index (χ4n) is 4.39. The van der Waals surface area contributed by atoms with Gasteiger partial charge in [0.15, 0.2) is 16.7 Å². The van der Waals surface area contributed by atoms with Crippen LogP contribution in [0.1, 0.15) is 34.1 Å². The Kier molecular flexibility index (Phi) is 8.26. The number of aryl methyl sites for hydroxylation is 3. The van der Waals surface area contributed by atoms with Gasteiger partial charge in [-0.2, -0.15) is 0 Å². The van der Waals surface area contributed by atoms with Gasteiger partial charge in [-0.05, 0) is 56.2 Å². The van der Waals surface area contributed by atoms with Crippen molar-refractivity contribution in [1.29, 1.82) is 0 Å². The van der Waals surface area contributed by atoms with E-state index in [1.54, 1.807) is 35.5 Å². The average Bonchev–Trinajstić information content (AvgIpc) is 3.40. The van der Waals surface area contributed by atoms with Crippen molar-refractivity contribution < 1.29 is 19.1 Å². The summed E-state index contributed by atoms with van der Waals surface area (Å²) >= 11 is 1.25. The van der Waals surface area contributed by atoms with Crippen LogP contribution in [0.2, 0.25) is 0 Å². The van der Waals surface area contributed by atoms with Crippen molar-refractivity contribution in [1.82, 2.24) is 19.9 Å². The third-order valence-corrected chi connectivity index (χ3v) is 7.11. The van der Waals surface area contributed by atoms with Gasteiger partial charge in [0.2, 0.25) is 12.7 Å². The summed E-state index contributed by atoms with van der Waals surface area (Å²) in [5, 5.41) is 3.50. The molecule has 0 spiro atoms. The molecule has 204 valence electrons. The minimum atomic E-state index is -0.917. The number of ether oxygens (including phenoxy) is 2. The third kappa shape index (κ3) is 6.58. The van der Waals surface area contributed by atoms with Gasteiger partial charge in [0, 0.05) is 42.1 Å². The zero-order valence-electron chi connectivity index (χ0n) is 22.5. The normalized spacial score (nSPS) is 12.6. The van der Waals surface area contributed by atoms with Crippen LogP contribution < -0.4 is 14.8 Å². The predicted octanol–water partition coefficient (Wildman–Crippen LogP) is 5.03. The highest BCUT2D eigenvalue weighted by Crippen LogP contribution is 2.35. The van der Waals surface area contributed by atoms with Crippen LogP contribution in [0.25, 0.3) is 0 Å². The SMILES string of the molecule is Cc1ccc([C@@H](C(=O)Nc2ccc3c(c2)OCO3)N(Cc2cccnc2)C(=O)CSc2nc(C)cc(C)n2)cc1. The molecule has 0 fully saturated rings. The third-order valence-electron chi connectivity index (χ3n) is 6.28. The molecule has 2 aromatic heterocycles. The van der Waals surface area contributed by atoms with Crippen LogP contribution in [0.4, 0.5) is 5.69 Å². The summed E-state index contributed by atoms with van der Waals surface area (Å²) < 4.78 is 10.9. The summed E-state index contributed by atoms with van der Waals surface area (Å²) in [5.41, 5.74) is 4.74. The van der Waals surface area contributed by atoms with Gasteiger partial charge >= 0.3 is 0 Å². The number of hydrogen-bond donors (Lipinski definition) is 1. The molecule has 3 heterocycles. The number of carbonyl (C=O) groups excluding carboxylic acids is 2. The lowest BCUT2D eigenvalue weighted by Crippen LogP contribution is -2.41. The van der Waals surface area contributed by atoms with Crippen LogP contribution >= 0.6 is 11.8 Å². The van der Waals surface area contributed by atoms with E-state index >= 15 is 0 Å². The van der Waals surface area contributed by atoms with Crippen molar-refractivity contribution in [2.75, 3.05) is 17.9 Å². The molecule has 1 atom stereocenters. The molecule has 0 unspecified atom stereocenters. The number of amides is 2. The number of carbonyl (C=O) groups is 2. The maximum Gasteiger partial charge on any atom is 0.251 e. The minimum absolute atomic E-state index is 0.0584. The summed E-state index contributed by atoms with van der Waals surface area (Å²) in [4.78, 5) is 42.6. The van der Waals surface area contributed by atoms with E-state index in [0.717, 1.165) is 22.5 Å². The number of thioether (sulfide) groups is 1. The number of nitrogens with one attached hydrogen (secondary N) is 1. The Balaban J connectivity index is 1.47. The topological polar surface area (TPSA) is 107 Å². The van der Waals surface area contributed by atoms with Crippen LogP contribution in [-0.2, 0) is 16.1 Å². The zero-order chi connectivity index (χ0) is 28.1. The summed E-state index contributed by atoms with van der Waals surface area (Å²) in [6.45, 7) is 6.08. The van der Waals surface area contributed by atoms with Gasteiger partial charge in [-0.15, -0.1) is 0 Å². The van der Waals surface area contributed by atoms with E-state index in [-0.39, 0.29) is 30.9 Å². The Hall–Kier alpha value is -4.44. The van der Waals surface area contributed by atoms with Gasteiger partial charge < -0.3 is 19.7 Å². The number of aromatic nitrogens is 3. The van der Waals surface area contributed by atoms with Gasteiger partial charge in [0.05, 0.1) is 5.75 Å². The van der Waals surface area contributed by atoms with E-state index in [0.29, 0.717) is 27.9 Å². The standard InChI is InChI=1S/C30H29N5O4S/c1-19-6-8-23(9-7-19)28(29(37)34-24-10-11-25-26(14-24)39-18-38-25)35(16-22-5-4-12-31-15-22)27(36)17-40-30-32-20(2)13-21(3)33-30/h4-15,28H,16-18H2,1-3H3,(H,34,37)/t28-/m0/s1. The van der Waals surface area contributed by atoms with Gasteiger partial charge in [-0.3, -0.25) is 14.6 Å². The highest BCUT2D eigenvalue weighted by molar-refractivity contribution is 7.99. The van der Waals surface area contributed by atoms with Crippen molar-refractivity contribution in [2.45, 2.75) is 38.5 Å². The maximum absolute atomic E-state index is 14.0. The molecule has 1 aliphatic rings. The number of benzene rings is 2. The second-order valence-electron chi connectivity index (χ2n) is 9.48. The molecule has 0 aliphatic carbocycles. The highest BCUT2D eigenvalue weighted by Gasteiger charge is 2.32. The molecule has 0 saturated heterocycles. The van der Waals surface area contributed by atoms with Crippen molar-refractivity contribution >= 4 is 29.3 Å². The lowest BCUT2D eigenvalue weighted by molar-refractivity contribution is -0.137. The average molecular weight is 556 g/mol. The zero-order valence-corrected chi connectivity index (χ0v) is 23.3. The van der Waals surface area contributed by atoms with Crippen LogP contribution in [-0.4, -0.2) is 44.2 Å². The number of hydrogen-bond acceptors (Lipinski definition) is 8. The minimum Gasteiger partial charge on any atom is -0.454 e. The van der Waals surface area contributed by atoms with Gasteiger partial charge in [0.25, 0.3) is 5.91 Å². The Bertz CT molecular complexity index is 1490. The van der Waals surface area contributed by atoms with Crippen LogP contribution in [0.3, 0.4) is 0 Å².